The molecule has 1 aliphatic rings. The van der Waals surface area contributed by atoms with Gasteiger partial charge < -0.3 is 10.2 Å². The Morgan fingerprint density at radius 3 is 2.59 bits per heavy atom. The molecule has 2 heterocycles. The van der Waals surface area contributed by atoms with Gasteiger partial charge in [-0.25, -0.2) is 8.78 Å². The maximum atomic E-state index is 14.5. The lowest BCUT2D eigenvalue weighted by Crippen LogP contribution is -2.38. The minimum Gasteiger partial charge on any atom is -0.361 e. The number of hydrogen-bond donors (Lipinski definition) is 1. The van der Waals surface area contributed by atoms with Crippen molar-refractivity contribution in [1.29, 1.82) is 0 Å². The largest absolute Gasteiger partial charge is 0.361 e. The third kappa shape index (κ3) is 2.30. The quantitative estimate of drug-likeness (QED) is 0.895. The van der Waals surface area contributed by atoms with Crippen molar-refractivity contribution in [3.8, 4) is 11.1 Å². The molecule has 2 aromatic rings. The van der Waals surface area contributed by atoms with Gasteiger partial charge in [0.25, 0.3) is 0 Å². The summed E-state index contributed by atoms with van der Waals surface area (Å²) in [5.74, 6) is -0.809. The Bertz CT molecular complexity index is 728. The number of aromatic nitrogens is 1. The third-order valence-corrected chi connectivity index (χ3v) is 3.98. The molecule has 3 rings (SSSR count). The zero-order valence-corrected chi connectivity index (χ0v) is 13.1. The summed E-state index contributed by atoms with van der Waals surface area (Å²) < 4.78 is 28.5. The van der Waals surface area contributed by atoms with Crippen LogP contribution in [-0.4, -0.2) is 17.2 Å². The van der Waals surface area contributed by atoms with Gasteiger partial charge in [-0.1, -0.05) is 0 Å². The van der Waals surface area contributed by atoms with Gasteiger partial charge in [-0.2, -0.15) is 0 Å². The molecule has 0 spiro atoms. The topological polar surface area (TPSA) is 28.2 Å². The van der Waals surface area contributed by atoms with Crippen molar-refractivity contribution in [3.05, 3.63) is 41.7 Å². The van der Waals surface area contributed by atoms with Crippen LogP contribution in [0.5, 0.6) is 0 Å². The molecule has 1 aliphatic heterocycles. The fourth-order valence-corrected chi connectivity index (χ4v) is 3.07. The van der Waals surface area contributed by atoms with Crippen molar-refractivity contribution in [3.63, 3.8) is 0 Å². The summed E-state index contributed by atoms with van der Waals surface area (Å²) >= 11 is 0. The van der Waals surface area contributed by atoms with Gasteiger partial charge in [0.15, 0.2) is 0 Å². The Kier molecular flexibility index (Phi) is 3.51. The van der Waals surface area contributed by atoms with E-state index in [1.165, 1.54) is 12.3 Å². The number of nitrogens with one attached hydrogen (secondary N) is 1. The normalized spacial score (nSPS) is 16.9. The lowest BCUT2D eigenvalue weighted by Gasteiger charge is -2.28. The molecule has 3 nitrogen and oxygen atoms in total. The van der Waals surface area contributed by atoms with Crippen molar-refractivity contribution >= 4 is 11.4 Å². The van der Waals surface area contributed by atoms with Crippen LogP contribution in [0.1, 0.15) is 26.5 Å². The average molecular weight is 303 g/mol. The number of pyridine rings is 1. The molecule has 0 amide bonds. The van der Waals surface area contributed by atoms with Crippen LogP contribution in [0.25, 0.3) is 11.1 Å². The number of fused-ring (bicyclic) bond motifs is 1. The number of benzene rings is 1. The molecule has 1 unspecified atom stereocenters. The van der Waals surface area contributed by atoms with Crippen LogP contribution in [0.15, 0.2) is 24.4 Å². The van der Waals surface area contributed by atoms with Gasteiger partial charge in [0.1, 0.15) is 11.6 Å². The van der Waals surface area contributed by atoms with E-state index in [4.69, 9.17) is 0 Å². The summed E-state index contributed by atoms with van der Waals surface area (Å²) in [6.45, 7) is 7.87. The van der Waals surface area contributed by atoms with Gasteiger partial charge in [-0.15, -0.1) is 0 Å². The van der Waals surface area contributed by atoms with Crippen LogP contribution >= 0.6 is 0 Å². The minimum atomic E-state index is -0.444. The number of aryl methyl sites for hydroxylation is 1. The first-order valence-electron chi connectivity index (χ1n) is 7.39. The zero-order chi connectivity index (χ0) is 16.0. The molecular formula is C17H19F2N3. The van der Waals surface area contributed by atoms with E-state index in [1.807, 2.05) is 13.0 Å². The molecule has 0 fully saturated rings. The Morgan fingerprint density at radius 1 is 1.18 bits per heavy atom. The fraction of sp³-hybridized carbons (Fsp3) is 0.353. The summed E-state index contributed by atoms with van der Waals surface area (Å²) in [6, 6.07) is 5.07. The van der Waals surface area contributed by atoms with E-state index in [0.29, 0.717) is 22.5 Å². The summed E-state index contributed by atoms with van der Waals surface area (Å²) in [6.07, 6.45) is 1.18. The second kappa shape index (κ2) is 5.23. The van der Waals surface area contributed by atoms with Crippen LogP contribution in [0, 0.1) is 18.6 Å². The molecule has 0 saturated heterocycles. The first-order chi connectivity index (χ1) is 10.4. The van der Waals surface area contributed by atoms with Crippen LogP contribution in [0.3, 0.4) is 0 Å². The average Bonchev–Trinajstić information content (AvgIpc) is 2.78. The van der Waals surface area contributed by atoms with Gasteiger partial charge in [-0.3, -0.25) is 4.98 Å². The monoisotopic (exact) mass is 303 g/mol. The van der Waals surface area contributed by atoms with Gasteiger partial charge in [-0.05, 0) is 51.5 Å². The number of anilines is 2. The zero-order valence-electron chi connectivity index (χ0n) is 13.1. The highest BCUT2D eigenvalue weighted by atomic mass is 19.1. The second-order valence-electron chi connectivity index (χ2n) is 5.98. The fourth-order valence-electron chi connectivity index (χ4n) is 3.07. The van der Waals surface area contributed by atoms with Gasteiger partial charge >= 0.3 is 0 Å². The molecule has 116 valence electrons. The molecule has 1 aromatic heterocycles. The second-order valence-corrected chi connectivity index (χ2v) is 5.98. The van der Waals surface area contributed by atoms with E-state index in [2.05, 4.69) is 29.0 Å². The number of nitrogens with zero attached hydrogens (tertiary/aromatic N) is 2. The van der Waals surface area contributed by atoms with E-state index >= 15 is 0 Å². The molecule has 0 aliphatic carbocycles. The molecule has 5 heteroatoms. The molecule has 0 saturated carbocycles. The van der Waals surface area contributed by atoms with Gasteiger partial charge in [0.05, 0.1) is 23.7 Å². The van der Waals surface area contributed by atoms with Crippen LogP contribution in [-0.2, 0) is 0 Å². The standard InChI is InChI=1S/C17H19F2N3/c1-9(2)22-11(4)21-17-14(18)6-12(7-16(17)22)13-5-10(3)20-8-15(13)19/h5-9,11,21H,1-4H3. The molecule has 0 radical (unpaired) electrons. The van der Waals surface area contributed by atoms with Gasteiger partial charge in [0.2, 0.25) is 0 Å². The highest BCUT2D eigenvalue weighted by molar-refractivity contribution is 5.83. The molecule has 1 aromatic carbocycles. The first kappa shape index (κ1) is 14.8. The lowest BCUT2D eigenvalue weighted by atomic mass is 10.0. The van der Waals surface area contributed by atoms with E-state index in [1.54, 1.807) is 13.0 Å². The summed E-state index contributed by atoms with van der Waals surface area (Å²) in [5, 5.41) is 3.15. The summed E-state index contributed by atoms with van der Waals surface area (Å²) in [5.41, 5.74) is 2.85. The first-order valence-corrected chi connectivity index (χ1v) is 7.39. The van der Waals surface area contributed by atoms with E-state index in [-0.39, 0.29) is 18.0 Å². The van der Waals surface area contributed by atoms with Crippen molar-refractivity contribution in [1.82, 2.24) is 4.98 Å². The summed E-state index contributed by atoms with van der Waals surface area (Å²) in [4.78, 5) is 6.01. The van der Waals surface area contributed by atoms with Crippen molar-refractivity contribution in [2.24, 2.45) is 0 Å². The predicted octanol–water partition coefficient (Wildman–Crippen LogP) is 4.32. The van der Waals surface area contributed by atoms with Crippen LogP contribution < -0.4 is 10.2 Å². The van der Waals surface area contributed by atoms with Crippen molar-refractivity contribution < 1.29 is 8.78 Å². The Morgan fingerprint density at radius 2 is 1.91 bits per heavy atom. The molecule has 1 N–H and O–H groups in total. The number of hydrogen-bond acceptors (Lipinski definition) is 3. The van der Waals surface area contributed by atoms with Crippen LogP contribution in [0.4, 0.5) is 20.2 Å². The van der Waals surface area contributed by atoms with E-state index in [9.17, 15) is 8.78 Å². The summed E-state index contributed by atoms with van der Waals surface area (Å²) in [7, 11) is 0. The predicted molar refractivity (Wildman–Crippen MR) is 85.0 cm³/mol. The van der Waals surface area contributed by atoms with Gasteiger partial charge in [0, 0.05) is 17.3 Å². The third-order valence-electron chi connectivity index (χ3n) is 3.98. The minimum absolute atomic E-state index is 0.00349. The Labute approximate surface area is 129 Å². The highest BCUT2D eigenvalue weighted by Crippen LogP contribution is 2.41. The Balaban J connectivity index is 2.17. The van der Waals surface area contributed by atoms with E-state index < -0.39 is 5.82 Å². The molecule has 22 heavy (non-hydrogen) atoms. The SMILES string of the molecule is Cc1cc(-c2cc(F)c3c(c2)N(C(C)C)C(C)N3)c(F)cn1. The van der Waals surface area contributed by atoms with Crippen LogP contribution in [0.2, 0.25) is 0 Å². The maximum absolute atomic E-state index is 14.5. The lowest BCUT2D eigenvalue weighted by molar-refractivity contribution is 0.621. The molecule has 1 atom stereocenters. The van der Waals surface area contributed by atoms with Crippen molar-refractivity contribution in [2.45, 2.75) is 39.9 Å². The van der Waals surface area contributed by atoms with Crippen molar-refractivity contribution in [2.75, 3.05) is 10.2 Å². The highest BCUT2D eigenvalue weighted by Gasteiger charge is 2.30. The molecule has 0 bridgehead atoms. The van der Waals surface area contributed by atoms with E-state index in [0.717, 1.165) is 5.69 Å². The molecular weight excluding hydrogens is 284 g/mol. The Hall–Kier alpha value is -2.17. The smallest absolute Gasteiger partial charge is 0.149 e. The number of rotatable bonds is 2. The number of halogens is 2. The maximum Gasteiger partial charge on any atom is 0.149 e.